The minimum absolute atomic E-state index is 0.105. The van der Waals surface area contributed by atoms with Gasteiger partial charge in [-0.1, -0.05) is 18.6 Å². The van der Waals surface area contributed by atoms with Crippen molar-refractivity contribution in [1.82, 2.24) is 9.62 Å². The van der Waals surface area contributed by atoms with Gasteiger partial charge in [-0.3, -0.25) is 4.79 Å². The summed E-state index contributed by atoms with van der Waals surface area (Å²) in [5.41, 5.74) is 0.763. The molecule has 1 aliphatic rings. The standard InChI is InChI=1S/C18H28N2O4S/c1-14(12-15(2)21)19-18(22)13-16-6-8-17(9-7-16)25(23,24)20-10-4-3-5-11-20/h6-9,14-15,21H,3-5,10-13H2,1-2H3,(H,19,22)/t14-,15-/m0/s1. The summed E-state index contributed by atoms with van der Waals surface area (Å²) < 4.78 is 26.7. The molecular formula is C18H28N2O4S. The molecule has 140 valence electrons. The van der Waals surface area contributed by atoms with Crippen LogP contribution in [0.3, 0.4) is 0 Å². The van der Waals surface area contributed by atoms with Crippen LogP contribution >= 0.6 is 0 Å². The van der Waals surface area contributed by atoms with E-state index in [2.05, 4.69) is 5.32 Å². The van der Waals surface area contributed by atoms with Crippen molar-refractivity contribution in [2.24, 2.45) is 0 Å². The minimum atomic E-state index is -3.43. The van der Waals surface area contributed by atoms with Crippen LogP contribution in [0.2, 0.25) is 0 Å². The first-order valence-corrected chi connectivity index (χ1v) is 10.3. The van der Waals surface area contributed by atoms with E-state index in [0.717, 1.165) is 24.8 Å². The summed E-state index contributed by atoms with van der Waals surface area (Å²) in [5.74, 6) is -0.139. The fraction of sp³-hybridized carbons (Fsp3) is 0.611. The lowest BCUT2D eigenvalue weighted by Gasteiger charge is -2.25. The lowest BCUT2D eigenvalue weighted by atomic mass is 10.1. The molecule has 6 nitrogen and oxygen atoms in total. The molecule has 0 bridgehead atoms. The van der Waals surface area contributed by atoms with Gasteiger partial charge in [0.1, 0.15) is 0 Å². The molecule has 0 unspecified atom stereocenters. The molecule has 0 aromatic heterocycles. The number of amides is 1. The van der Waals surface area contributed by atoms with Gasteiger partial charge in [-0.15, -0.1) is 0 Å². The Morgan fingerprint density at radius 2 is 1.76 bits per heavy atom. The molecule has 0 spiro atoms. The zero-order chi connectivity index (χ0) is 18.4. The van der Waals surface area contributed by atoms with Gasteiger partial charge in [0.25, 0.3) is 0 Å². The van der Waals surface area contributed by atoms with Crippen LogP contribution in [0.1, 0.15) is 45.1 Å². The van der Waals surface area contributed by atoms with Crippen molar-refractivity contribution in [2.75, 3.05) is 13.1 Å². The van der Waals surface area contributed by atoms with Crippen LogP contribution in [0.15, 0.2) is 29.2 Å². The Morgan fingerprint density at radius 3 is 2.32 bits per heavy atom. The van der Waals surface area contributed by atoms with Crippen molar-refractivity contribution < 1.29 is 18.3 Å². The third-order valence-corrected chi connectivity index (χ3v) is 6.26. The van der Waals surface area contributed by atoms with Crippen molar-refractivity contribution in [3.05, 3.63) is 29.8 Å². The highest BCUT2D eigenvalue weighted by Crippen LogP contribution is 2.21. The summed E-state index contributed by atoms with van der Waals surface area (Å²) in [6, 6.07) is 6.43. The Bertz CT molecular complexity index is 665. The van der Waals surface area contributed by atoms with Gasteiger partial charge in [0.05, 0.1) is 17.4 Å². The van der Waals surface area contributed by atoms with Gasteiger partial charge >= 0.3 is 0 Å². The Morgan fingerprint density at radius 1 is 1.16 bits per heavy atom. The SMILES string of the molecule is C[C@H](O)C[C@H](C)NC(=O)Cc1ccc(S(=O)(=O)N2CCCCC2)cc1. The molecule has 1 fully saturated rings. The number of aliphatic hydroxyl groups is 1. The number of carbonyl (C=O) groups excluding carboxylic acids is 1. The van der Waals surface area contributed by atoms with Gasteiger partial charge in [-0.2, -0.15) is 4.31 Å². The molecule has 25 heavy (non-hydrogen) atoms. The van der Waals surface area contributed by atoms with Crippen LogP contribution in [-0.4, -0.2) is 49.0 Å². The number of hydrogen-bond acceptors (Lipinski definition) is 4. The first-order valence-electron chi connectivity index (χ1n) is 8.85. The highest BCUT2D eigenvalue weighted by molar-refractivity contribution is 7.89. The van der Waals surface area contributed by atoms with E-state index >= 15 is 0 Å². The highest BCUT2D eigenvalue weighted by atomic mass is 32.2. The number of nitrogens with one attached hydrogen (secondary N) is 1. The second kappa shape index (κ2) is 8.78. The minimum Gasteiger partial charge on any atom is -0.393 e. The van der Waals surface area contributed by atoms with Gasteiger partial charge in [-0.25, -0.2) is 8.42 Å². The predicted molar refractivity (Wildman–Crippen MR) is 96.7 cm³/mol. The van der Waals surface area contributed by atoms with E-state index in [1.54, 1.807) is 31.2 Å². The normalized spacial score (nSPS) is 18.5. The van der Waals surface area contributed by atoms with E-state index in [4.69, 9.17) is 0 Å². The maximum Gasteiger partial charge on any atom is 0.243 e. The zero-order valence-electron chi connectivity index (χ0n) is 14.9. The fourth-order valence-corrected chi connectivity index (χ4v) is 4.63. The van der Waals surface area contributed by atoms with Crippen molar-refractivity contribution in [2.45, 2.75) is 63.0 Å². The topological polar surface area (TPSA) is 86.7 Å². The summed E-state index contributed by atoms with van der Waals surface area (Å²) in [6.45, 7) is 4.68. The van der Waals surface area contributed by atoms with Crippen LogP contribution in [0.5, 0.6) is 0 Å². The average molecular weight is 368 g/mol. The van der Waals surface area contributed by atoms with Crippen LogP contribution < -0.4 is 5.32 Å². The number of rotatable bonds is 7. The van der Waals surface area contributed by atoms with Crippen molar-refractivity contribution in [3.63, 3.8) is 0 Å². The van der Waals surface area contributed by atoms with Crippen LogP contribution in [0, 0.1) is 0 Å². The summed E-state index contributed by atoms with van der Waals surface area (Å²) in [5, 5.41) is 12.2. The maximum absolute atomic E-state index is 12.6. The molecule has 2 N–H and O–H groups in total. The lowest BCUT2D eigenvalue weighted by Crippen LogP contribution is -2.36. The van der Waals surface area contributed by atoms with Crippen molar-refractivity contribution in [3.8, 4) is 0 Å². The number of aliphatic hydroxyl groups excluding tert-OH is 1. The summed E-state index contributed by atoms with van der Waals surface area (Å²) >= 11 is 0. The van der Waals surface area contributed by atoms with E-state index in [9.17, 15) is 18.3 Å². The molecule has 1 aliphatic heterocycles. The van der Waals surface area contributed by atoms with E-state index in [1.807, 2.05) is 6.92 Å². The third-order valence-electron chi connectivity index (χ3n) is 4.34. The van der Waals surface area contributed by atoms with Crippen molar-refractivity contribution in [1.29, 1.82) is 0 Å². The molecule has 1 saturated heterocycles. The smallest absolute Gasteiger partial charge is 0.243 e. The fourth-order valence-electron chi connectivity index (χ4n) is 3.12. The van der Waals surface area contributed by atoms with E-state index in [1.165, 1.54) is 4.31 Å². The Hall–Kier alpha value is -1.44. The van der Waals surface area contributed by atoms with Crippen LogP contribution in [0.25, 0.3) is 0 Å². The number of benzene rings is 1. The van der Waals surface area contributed by atoms with E-state index < -0.39 is 16.1 Å². The van der Waals surface area contributed by atoms with Gasteiger partial charge in [0, 0.05) is 19.1 Å². The monoisotopic (exact) mass is 368 g/mol. The molecule has 1 amide bonds. The first kappa shape index (κ1) is 19.9. The number of nitrogens with zero attached hydrogens (tertiary/aromatic N) is 1. The summed E-state index contributed by atoms with van der Waals surface area (Å²) in [7, 11) is -3.43. The number of sulfonamides is 1. The summed E-state index contributed by atoms with van der Waals surface area (Å²) in [6.07, 6.45) is 3.11. The molecule has 0 aliphatic carbocycles. The molecule has 1 aromatic rings. The Balaban J connectivity index is 1.96. The number of carbonyl (C=O) groups is 1. The first-order chi connectivity index (χ1) is 11.8. The zero-order valence-corrected chi connectivity index (χ0v) is 15.8. The Kier molecular flexibility index (Phi) is 6.98. The van der Waals surface area contributed by atoms with E-state index in [0.29, 0.717) is 19.5 Å². The maximum atomic E-state index is 12.6. The lowest BCUT2D eigenvalue weighted by molar-refractivity contribution is -0.121. The van der Waals surface area contributed by atoms with Gasteiger partial charge in [-0.05, 0) is 50.8 Å². The highest BCUT2D eigenvalue weighted by Gasteiger charge is 2.25. The predicted octanol–water partition coefficient (Wildman–Crippen LogP) is 1.68. The molecule has 7 heteroatoms. The van der Waals surface area contributed by atoms with E-state index in [-0.39, 0.29) is 23.3 Å². The molecule has 1 aromatic carbocycles. The van der Waals surface area contributed by atoms with Gasteiger partial charge < -0.3 is 10.4 Å². The average Bonchev–Trinajstić information content (AvgIpc) is 2.55. The summed E-state index contributed by atoms with van der Waals surface area (Å²) in [4.78, 5) is 12.3. The molecule has 2 rings (SSSR count). The molecular weight excluding hydrogens is 340 g/mol. The molecule has 2 atom stereocenters. The molecule has 0 saturated carbocycles. The Labute approximate surface area is 150 Å². The number of hydrogen-bond donors (Lipinski definition) is 2. The van der Waals surface area contributed by atoms with Crippen molar-refractivity contribution >= 4 is 15.9 Å². The molecule has 1 heterocycles. The van der Waals surface area contributed by atoms with Crippen LogP contribution in [0.4, 0.5) is 0 Å². The van der Waals surface area contributed by atoms with Gasteiger partial charge in [0.2, 0.25) is 15.9 Å². The molecule has 0 radical (unpaired) electrons. The number of piperidine rings is 1. The van der Waals surface area contributed by atoms with Crippen LogP contribution in [-0.2, 0) is 21.2 Å². The largest absolute Gasteiger partial charge is 0.393 e. The third kappa shape index (κ3) is 5.80. The quantitative estimate of drug-likeness (QED) is 0.767. The second-order valence-electron chi connectivity index (χ2n) is 6.84. The second-order valence-corrected chi connectivity index (χ2v) is 8.78. The van der Waals surface area contributed by atoms with Gasteiger partial charge in [0.15, 0.2) is 0 Å².